The predicted molar refractivity (Wildman–Crippen MR) is 85.9 cm³/mol. The lowest BCUT2D eigenvalue weighted by molar-refractivity contribution is -0.235. The molecule has 0 bridgehead atoms. The molecular formula is C16H24O11. The number of carbonyl (C=O) groups is 5. The van der Waals surface area contributed by atoms with Crippen LogP contribution in [0.25, 0.3) is 0 Å². The Kier molecular flexibility index (Phi) is 10.7. The Morgan fingerprint density at radius 3 is 1.44 bits per heavy atom. The first-order valence-corrected chi connectivity index (χ1v) is 7.82. The summed E-state index contributed by atoms with van der Waals surface area (Å²) in [6.07, 6.45) is -5.88. The van der Waals surface area contributed by atoms with E-state index in [2.05, 4.69) is 0 Å². The Balaban J connectivity index is 5.96. The zero-order chi connectivity index (χ0) is 21.1. The lowest BCUT2D eigenvalue weighted by Crippen LogP contribution is -2.53. The number of methoxy groups -OCH3 is 1. The van der Waals surface area contributed by atoms with Gasteiger partial charge >= 0.3 is 29.8 Å². The van der Waals surface area contributed by atoms with Crippen LogP contribution in [0.2, 0.25) is 0 Å². The molecule has 11 heteroatoms. The first kappa shape index (κ1) is 24.3. The van der Waals surface area contributed by atoms with Gasteiger partial charge in [0.2, 0.25) is 12.4 Å². The minimum Gasteiger partial charge on any atom is -0.462 e. The largest absolute Gasteiger partial charge is 0.462 e. The average Bonchev–Trinajstić information content (AvgIpc) is 2.51. The van der Waals surface area contributed by atoms with Crippen LogP contribution in [-0.4, -0.2) is 68.2 Å². The normalized spacial score (nSPS) is 14.7. The van der Waals surface area contributed by atoms with E-state index in [-0.39, 0.29) is 0 Å². The number of esters is 5. The molecule has 0 rings (SSSR count). The van der Waals surface area contributed by atoms with E-state index in [4.69, 9.17) is 28.4 Å². The quantitative estimate of drug-likeness (QED) is 0.279. The van der Waals surface area contributed by atoms with Crippen LogP contribution >= 0.6 is 0 Å². The summed E-state index contributed by atoms with van der Waals surface area (Å²) in [5.41, 5.74) is 0. The van der Waals surface area contributed by atoms with E-state index in [0.717, 1.165) is 41.7 Å². The van der Waals surface area contributed by atoms with Gasteiger partial charge in [0.1, 0.15) is 6.61 Å². The van der Waals surface area contributed by atoms with Crippen molar-refractivity contribution in [1.29, 1.82) is 0 Å². The van der Waals surface area contributed by atoms with Crippen molar-refractivity contribution >= 4 is 29.8 Å². The maximum atomic E-state index is 11.5. The second-order valence-corrected chi connectivity index (χ2v) is 5.31. The predicted octanol–water partition coefficient (Wildman–Crippen LogP) is -0.120. The van der Waals surface area contributed by atoms with Gasteiger partial charge in [0.25, 0.3) is 0 Å². The maximum absolute atomic E-state index is 11.5. The molecule has 0 aliphatic heterocycles. The fourth-order valence-corrected chi connectivity index (χ4v) is 2.04. The zero-order valence-corrected chi connectivity index (χ0v) is 16.0. The van der Waals surface area contributed by atoms with Gasteiger partial charge in [0.15, 0.2) is 12.2 Å². The van der Waals surface area contributed by atoms with Gasteiger partial charge in [-0.2, -0.15) is 0 Å². The van der Waals surface area contributed by atoms with Crippen molar-refractivity contribution in [2.24, 2.45) is 0 Å². The van der Waals surface area contributed by atoms with Crippen LogP contribution in [0.5, 0.6) is 0 Å². The van der Waals surface area contributed by atoms with Gasteiger partial charge in [-0.15, -0.1) is 0 Å². The third kappa shape index (κ3) is 10.1. The lowest BCUT2D eigenvalue weighted by Gasteiger charge is -2.34. The summed E-state index contributed by atoms with van der Waals surface area (Å²) in [5.74, 6) is -3.90. The van der Waals surface area contributed by atoms with Crippen LogP contribution in [0, 0.1) is 0 Å². The van der Waals surface area contributed by atoms with Crippen molar-refractivity contribution in [1.82, 2.24) is 0 Å². The summed E-state index contributed by atoms with van der Waals surface area (Å²) >= 11 is 0. The smallest absolute Gasteiger partial charge is 0.305 e. The number of hydrogen-bond donors (Lipinski definition) is 0. The van der Waals surface area contributed by atoms with Crippen LogP contribution in [0.15, 0.2) is 0 Å². The van der Waals surface area contributed by atoms with E-state index >= 15 is 0 Å². The lowest BCUT2D eigenvalue weighted by atomic mass is 10.1. The average molecular weight is 392 g/mol. The van der Waals surface area contributed by atoms with Gasteiger partial charge in [-0.3, -0.25) is 24.0 Å². The molecule has 0 saturated carbocycles. The van der Waals surface area contributed by atoms with Gasteiger partial charge < -0.3 is 28.4 Å². The summed E-state index contributed by atoms with van der Waals surface area (Å²) in [5, 5.41) is 0. The van der Waals surface area contributed by atoms with Crippen LogP contribution in [0.1, 0.15) is 34.6 Å². The maximum Gasteiger partial charge on any atom is 0.305 e. The Hall–Kier alpha value is -2.69. The van der Waals surface area contributed by atoms with Gasteiger partial charge in [0.05, 0.1) is 0 Å². The topological polar surface area (TPSA) is 141 Å². The Morgan fingerprint density at radius 2 is 1.07 bits per heavy atom. The Bertz CT molecular complexity index is 557. The van der Waals surface area contributed by atoms with Crippen LogP contribution in [0.4, 0.5) is 0 Å². The summed E-state index contributed by atoms with van der Waals surface area (Å²) < 4.78 is 30.0. The Labute approximate surface area is 156 Å². The number of carbonyl (C=O) groups excluding carboxylic acids is 5. The number of hydrogen-bond acceptors (Lipinski definition) is 11. The second-order valence-electron chi connectivity index (χ2n) is 5.31. The van der Waals surface area contributed by atoms with Crippen molar-refractivity contribution in [3.8, 4) is 0 Å². The molecule has 27 heavy (non-hydrogen) atoms. The first-order valence-electron chi connectivity index (χ1n) is 7.82. The van der Waals surface area contributed by atoms with Gasteiger partial charge in [-0.25, -0.2) is 0 Å². The summed E-state index contributed by atoms with van der Waals surface area (Å²) in [4.78, 5) is 56.9. The molecule has 0 heterocycles. The fourth-order valence-electron chi connectivity index (χ4n) is 2.04. The highest BCUT2D eigenvalue weighted by molar-refractivity contribution is 5.69. The third-order valence-corrected chi connectivity index (χ3v) is 2.85. The number of rotatable bonds is 10. The monoisotopic (exact) mass is 392 g/mol. The van der Waals surface area contributed by atoms with Crippen LogP contribution in [-0.2, 0) is 52.4 Å². The van der Waals surface area contributed by atoms with Crippen molar-refractivity contribution < 1.29 is 52.4 Å². The summed E-state index contributed by atoms with van der Waals surface area (Å²) in [6, 6.07) is 0. The highest BCUT2D eigenvalue weighted by Crippen LogP contribution is 2.20. The molecule has 0 aromatic heterocycles. The molecule has 4 atom stereocenters. The van der Waals surface area contributed by atoms with Crippen molar-refractivity contribution in [3.05, 3.63) is 0 Å². The van der Waals surface area contributed by atoms with E-state index in [9.17, 15) is 24.0 Å². The molecule has 0 saturated heterocycles. The number of ether oxygens (including phenoxy) is 6. The van der Waals surface area contributed by atoms with Crippen molar-refractivity contribution in [3.63, 3.8) is 0 Å². The van der Waals surface area contributed by atoms with E-state index in [1.54, 1.807) is 0 Å². The first-order chi connectivity index (χ1) is 12.5. The molecule has 0 aromatic rings. The minimum absolute atomic E-state index is 0.513. The molecule has 11 nitrogen and oxygen atoms in total. The molecule has 0 aliphatic carbocycles. The molecule has 154 valence electrons. The van der Waals surface area contributed by atoms with Crippen molar-refractivity contribution in [2.75, 3.05) is 13.7 Å². The van der Waals surface area contributed by atoms with Crippen LogP contribution in [0.3, 0.4) is 0 Å². The minimum atomic E-state index is -1.51. The highest BCUT2D eigenvalue weighted by Gasteiger charge is 2.44. The standard InChI is InChI=1S/C16H24O11/c1-8(17)23-7-13(24-9(2)18)14(25-10(3)19)15(26-11(4)20)16(22-6)27-12(5)21/h13-16H,7H2,1-6H3/t13-,14+,15-,16-/m1/s1. The molecule has 0 fully saturated rings. The SMILES string of the molecule is CO[C@H](OC(C)=O)[C@H](OC(C)=O)[C@@H](OC(C)=O)[C@@H](COC(C)=O)OC(C)=O. The van der Waals surface area contributed by atoms with Gasteiger partial charge in [-0.1, -0.05) is 0 Å². The van der Waals surface area contributed by atoms with E-state index in [0.29, 0.717) is 0 Å². The zero-order valence-electron chi connectivity index (χ0n) is 16.0. The molecule has 0 spiro atoms. The molecule has 0 aliphatic rings. The van der Waals surface area contributed by atoms with Crippen molar-refractivity contribution in [2.45, 2.75) is 59.2 Å². The third-order valence-electron chi connectivity index (χ3n) is 2.85. The van der Waals surface area contributed by atoms with E-state index in [1.807, 2.05) is 0 Å². The molecule has 0 radical (unpaired) electrons. The van der Waals surface area contributed by atoms with E-state index in [1.165, 1.54) is 0 Å². The molecular weight excluding hydrogens is 368 g/mol. The molecule has 0 aromatic carbocycles. The van der Waals surface area contributed by atoms with Crippen LogP contribution < -0.4 is 0 Å². The molecule has 0 N–H and O–H groups in total. The second kappa shape index (κ2) is 11.8. The van der Waals surface area contributed by atoms with E-state index < -0.39 is 61.1 Å². The molecule has 0 amide bonds. The summed E-state index contributed by atoms with van der Waals surface area (Å²) in [6.45, 7) is 4.88. The molecule has 0 unspecified atom stereocenters. The highest BCUT2D eigenvalue weighted by atomic mass is 16.7. The fraction of sp³-hybridized carbons (Fsp3) is 0.688. The summed E-state index contributed by atoms with van der Waals surface area (Å²) in [7, 11) is 1.15. The van der Waals surface area contributed by atoms with Gasteiger partial charge in [-0.05, 0) is 0 Å². The van der Waals surface area contributed by atoms with Gasteiger partial charge in [0, 0.05) is 41.7 Å². The Morgan fingerprint density at radius 1 is 0.630 bits per heavy atom.